The SMILES string of the molecule is Cc1nn(-c2ccccn2)c(C)c1N1CCN(C(=O)c2ccc(Cl)cc2)CC1. The average Bonchev–Trinajstić information content (AvgIpc) is 3.03. The maximum absolute atomic E-state index is 12.7. The van der Waals surface area contributed by atoms with Crippen LogP contribution in [-0.4, -0.2) is 51.8 Å². The quantitative estimate of drug-likeness (QED) is 0.681. The molecule has 3 aromatic rings. The highest BCUT2D eigenvalue weighted by Gasteiger charge is 2.26. The molecule has 1 amide bonds. The molecule has 1 saturated heterocycles. The number of piperazine rings is 1. The van der Waals surface area contributed by atoms with Gasteiger partial charge < -0.3 is 9.80 Å². The third-order valence-electron chi connectivity index (χ3n) is 5.09. The molecule has 0 bridgehead atoms. The normalized spacial score (nSPS) is 14.4. The van der Waals surface area contributed by atoms with Crippen LogP contribution in [-0.2, 0) is 0 Å². The number of hydrogen-bond acceptors (Lipinski definition) is 4. The van der Waals surface area contributed by atoms with Crippen molar-refractivity contribution in [3.8, 4) is 5.82 Å². The first kappa shape index (κ1) is 18.5. The Kier molecular flexibility index (Phi) is 5.05. The van der Waals surface area contributed by atoms with E-state index in [0.29, 0.717) is 23.7 Å². The van der Waals surface area contributed by atoms with Crippen molar-refractivity contribution in [2.75, 3.05) is 31.1 Å². The number of nitrogens with zero attached hydrogens (tertiary/aromatic N) is 5. The van der Waals surface area contributed by atoms with Gasteiger partial charge in [0.15, 0.2) is 5.82 Å². The zero-order valence-electron chi connectivity index (χ0n) is 16.0. The number of benzene rings is 1. The Bertz CT molecular complexity index is 976. The molecule has 0 unspecified atom stereocenters. The number of aromatic nitrogens is 3. The predicted molar refractivity (Wildman–Crippen MR) is 110 cm³/mol. The molecule has 3 heterocycles. The minimum Gasteiger partial charge on any atom is -0.365 e. The standard InChI is InChI=1S/C21H22ClN5O/c1-15-20(16(2)27(24-15)19-5-3-4-10-23-19)25-11-13-26(14-12-25)21(28)17-6-8-18(22)9-7-17/h3-10H,11-14H2,1-2H3. The molecule has 4 rings (SSSR count). The van der Waals surface area contributed by atoms with Crippen LogP contribution in [0.5, 0.6) is 0 Å². The van der Waals surface area contributed by atoms with Crippen LogP contribution in [0, 0.1) is 13.8 Å². The molecule has 1 aliphatic rings. The Hall–Kier alpha value is -2.86. The molecule has 7 heteroatoms. The fraction of sp³-hybridized carbons (Fsp3) is 0.286. The van der Waals surface area contributed by atoms with E-state index in [1.165, 1.54) is 0 Å². The Morgan fingerprint density at radius 2 is 1.71 bits per heavy atom. The van der Waals surface area contributed by atoms with Crippen LogP contribution in [0.1, 0.15) is 21.7 Å². The number of halogens is 1. The van der Waals surface area contributed by atoms with E-state index in [0.717, 1.165) is 36.0 Å². The molecule has 0 atom stereocenters. The number of rotatable bonds is 3. The van der Waals surface area contributed by atoms with Gasteiger partial charge in [-0.05, 0) is 50.2 Å². The number of pyridine rings is 1. The van der Waals surface area contributed by atoms with Crippen molar-refractivity contribution in [3.63, 3.8) is 0 Å². The van der Waals surface area contributed by atoms with Gasteiger partial charge in [0.2, 0.25) is 0 Å². The van der Waals surface area contributed by atoms with Crippen LogP contribution in [0.2, 0.25) is 5.02 Å². The van der Waals surface area contributed by atoms with Crippen molar-refractivity contribution in [1.82, 2.24) is 19.7 Å². The van der Waals surface area contributed by atoms with Crippen LogP contribution in [0.15, 0.2) is 48.7 Å². The molecule has 144 valence electrons. The fourth-order valence-corrected chi connectivity index (χ4v) is 3.83. The number of amides is 1. The van der Waals surface area contributed by atoms with Crippen molar-refractivity contribution >= 4 is 23.2 Å². The number of anilines is 1. The summed E-state index contributed by atoms with van der Waals surface area (Å²) in [6.45, 7) is 6.98. The Labute approximate surface area is 169 Å². The Balaban J connectivity index is 1.49. The summed E-state index contributed by atoms with van der Waals surface area (Å²) >= 11 is 5.92. The van der Waals surface area contributed by atoms with Gasteiger partial charge in [-0.25, -0.2) is 9.67 Å². The van der Waals surface area contributed by atoms with Crippen molar-refractivity contribution in [2.45, 2.75) is 13.8 Å². The highest BCUT2D eigenvalue weighted by atomic mass is 35.5. The summed E-state index contributed by atoms with van der Waals surface area (Å²) in [5, 5.41) is 5.32. The van der Waals surface area contributed by atoms with Gasteiger partial charge >= 0.3 is 0 Å². The molecule has 1 aliphatic heterocycles. The van der Waals surface area contributed by atoms with Crippen LogP contribution in [0.3, 0.4) is 0 Å². The first-order chi connectivity index (χ1) is 13.5. The number of carbonyl (C=O) groups is 1. The van der Waals surface area contributed by atoms with Crippen molar-refractivity contribution in [2.24, 2.45) is 0 Å². The lowest BCUT2D eigenvalue weighted by Crippen LogP contribution is -2.49. The first-order valence-electron chi connectivity index (χ1n) is 9.32. The van der Waals surface area contributed by atoms with Crippen LogP contribution in [0.25, 0.3) is 5.82 Å². The van der Waals surface area contributed by atoms with Crippen LogP contribution in [0.4, 0.5) is 5.69 Å². The maximum atomic E-state index is 12.7. The lowest BCUT2D eigenvalue weighted by Gasteiger charge is -2.36. The molecule has 0 aliphatic carbocycles. The first-order valence-corrected chi connectivity index (χ1v) is 9.70. The largest absolute Gasteiger partial charge is 0.365 e. The average molecular weight is 396 g/mol. The molecule has 1 fully saturated rings. The van der Waals surface area contributed by atoms with E-state index in [1.807, 2.05) is 34.7 Å². The Morgan fingerprint density at radius 3 is 2.36 bits per heavy atom. The summed E-state index contributed by atoms with van der Waals surface area (Å²) in [5.41, 5.74) is 3.84. The molecular formula is C21H22ClN5O. The lowest BCUT2D eigenvalue weighted by molar-refractivity contribution is 0.0747. The molecule has 0 N–H and O–H groups in total. The lowest BCUT2D eigenvalue weighted by atomic mass is 10.1. The van der Waals surface area contributed by atoms with E-state index in [4.69, 9.17) is 11.6 Å². The van der Waals surface area contributed by atoms with E-state index in [1.54, 1.807) is 30.5 Å². The zero-order valence-corrected chi connectivity index (χ0v) is 16.7. The highest BCUT2D eigenvalue weighted by Crippen LogP contribution is 2.27. The molecule has 28 heavy (non-hydrogen) atoms. The number of hydrogen-bond donors (Lipinski definition) is 0. The van der Waals surface area contributed by atoms with Gasteiger partial charge in [0, 0.05) is 43.0 Å². The van der Waals surface area contributed by atoms with Gasteiger partial charge in [0.05, 0.1) is 17.1 Å². The number of carbonyl (C=O) groups excluding carboxylic acids is 1. The Morgan fingerprint density at radius 1 is 1.00 bits per heavy atom. The summed E-state index contributed by atoms with van der Waals surface area (Å²) in [6, 6.07) is 12.9. The summed E-state index contributed by atoms with van der Waals surface area (Å²) in [7, 11) is 0. The summed E-state index contributed by atoms with van der Waals surface area (Å²) in [6.07, 6.45) is 1.77. The van der Waals surface area contributed by atoms with Gasteiger partial charge in [0.1, 0.15) is 0 Å². The van der Waals surface area contributed by atoms with Crippen molar-refractivity contribution < 1.29 is 4.79 Å². The van der Waals surface area contributed by atoms with E-state index >= 15 is 0 Å². The highest BCUT2D eigenvalue weighted by molar-refractivity contribution is 6.30. The van der Waals surface area contributed by atoms with Crippen LogP contribution >= 0.6 is 11.6 Å². The monoisotopic (exact) mass is 395 g/mol. The van der Waals surface area contributed by atoms with Gasteiger partial charge in [-0.3, -0.25) is 4.79 Å². The van der Waals surface area contributed by atoms with Gasteiger partial charge in [-0.2, -0.15) is 5.10 Å². The second kappa shape index (κ2) is 7.64. The third-order valence-corrected chi connectivity index (χ3v) is 5.35. The van der Waals surface area contributed by atoms with Crippen LogP contribution < -0.4 is 4.90 Å². The van der Waals surface area contributed by atoms with Gasteiger partial charge in [0.25, 0.3) is 5.91 Å². The zero-order chi connectivity index (χ0) is 19.7. The smallest absolute Gasteiger partial charge is 0.253 e. The second-order valence-corrected chi connectivity index (χ2v) is 7.34. The van der Waals surface area contributed by atoms with Crippen molar-refractivity contribution in [3.05, 3.63) is 70.6 Å². The minimum atomic E-state index is 0.0499. The molecule has 0 spiro atoms. The minimum absolute atomic E-state index is 0.0499. The van der Waals surface area contributed by atoms with Crippen molar-refractivity contribution in [1.29, 1.82) is 0 Å². The second-order valence-electron chi connectivity index (χ2n) is 6.91. The summed E-state index contributed by atoms with van der Waals surface area (Å²) in [5.74, 6) is 0.861. The molecule has 2 aromatic heterocycles. The van der Waals surface area contributed by atoms with E-state index in [2.05, 4.69) is 21.9 Å². The fourth-order valence-electron chi connectivity index (χ4n) is 3.70. The molecule has 0 saturated carbocycles. The summed E-state index contributed by atoms with van der Waals surface area (Å²) < 4.78 is 1.88. The summed E-state index contributed by atoms with van der Waals surface area (Å²) in [4.78, 5) is 21.3. The number of aryl methyl sites for hydroxylation is 1. The van der Waals surface area contributed by atoms with Gasteiger partial charge in [-0.1, -0.05) is 17.7 Å². The predicted octanol–water partition coefficient (Wildman–Crippen LogP) is 3.50. The van der Waals surface area contributed by atoms with Gasteiger partial charge in [-0.15, -0.1) is 0 Å². The topological polar surface area (TPSA) is 54.3 Å². The maximum Gasteiger partial charge on any atom is 0.253 e. The van der Waals surface area contributed by atoms with E-state index < -0.39 is 0 Å². The molecule has 6 nitrogen and oxygen atoms in total. The molecule has 1 aromatic carbocycles. The van der Waals surface area contributed by atoms with E-state index in [9.17, 15) is 4.79 Å². The van der Waals surface area contributed by atoms with E-state index in [-0.39, 0.29) is 5.91 Å². The third kappa shape index (κ3) is 3.47. The molecular weight excluding hydrogens is 374 g/mol. The molecule has 0 radical (unpaired) electrons.